The third-order valence-corrected chi connectivity index (χ3v) is 4.52. The smallest absolute Gasteiger partial charge is 0.241 e. The monoisotopic (exact) mass is 323 g/mol. The van der Waals surface area contributed by atoms with Crippen LogP contribution in [0.5, 0.6) is 0 Å². The summed E-state index contributed by atoms with van der Waals surface area (Å²) in [6.45, 7) is 0.564. The fraction of sp³-hybridized carbons (Fsp3) is 0.400. The van der Waals surface area contributed by atoms with Crippen molar-refractivity contribution in [1.82, 2.24) is 4.72 Å². The van der Waals surface area contributed by atoms with Gasteiger partial charge in [-0.3, -0.25) is 0 Å². The number of hydrogen-bond acceptors (Lipinski definition) is 4. The van der Waals surface area contributed by atoms with Crippen molar-refractivity contribution in [2.75, 3.05) is 13.2 Å². The molecule has 1 rings (SSSR count). The molecule has 0 aromatic heterocycles. The van der Waals surface area contributed by atoms with Crippen molar-refractivity contribution in [2.45, 2.75) is 17.4 Å². The first-order chi connectivity index (χ1) is 7.78. The van der Waals surface area contributed by atoms with Crippen LogP contribution in [0.1, 0.15) is 6.92 Å². The number of rotatable bonds is 5. The average Bonchev–Trinajstić information content (AvgIpc) is 2.27. The molecule has 0 aliphatic heterocycles. The van der Waals surface area contributed by atoms with Crippen molar-refractivity contribution in [3.05, 3.63) is 28.7 Å². The summed E-state index contributed by atoms with van der Waals surface area (Å²) in [7, 11) is -3.70. The van der Waals surface area contributed by atoms with E-state index in [4.69, 9.17) is 5.11 Å². The Morgan fingerprint density at radius 1 is 1.41 bits per heavy atom. The van der Waals surface area contributed by atoms with Gasteiger partial charge in [0.15, 0.2) is 0 Å². The van der Waals surface area contributed by atoms with Gasteiger partial charge >= 0.3 is 0 Å². The van der Waals surface area contributed by atoms with Gasteiger partial charge in [0, 0.05) is 11.0 Å². The highest BCUT2D eigenvalue weighted by atomic mass is 79.9. The Labute approximate surface area is 109 Å². The van der Waals surface area contributed by atoms with Gasteiger partial charge in [-0.05, 0) is 35.0 Å². The molecule has 0 aliphatic rings. The molecule has 0 aliphatic carbocycles. The lowest BCUT2D eigenvalue weighted by Crippen LogP contribution is -2.43. The van der Waals surface area contributed by atoms with E-state index in [-0.39, 0.29) is 11.4 Å². The standard InChI is InChI=1S/C10H14BrNO4S/c1-10(14,7-13)6-12-17(15,16)9-5-3-2-4-8(9)11/h2-5,12-14H,6-7H2,1H3. The molecule has 0 fully saturated rings. The second-order valence-electron chi connectivity index (χ2n) is 3.91. The molecular formula is C10H14BrNO4S. The Morgan fingerprint density at radius 3 is 2.53 bits per heavy atom. The first kappa shape index (κ1) is 14.6. The van der Waals surface area contributed by atoms with E-state index < -0.39 is 22.2 Å². The minimum atomic E-state index is -3.70. The molecule has 0 saturated heterocycles. The summed E-state index contributed by atoms with van der Waals surface area (Å²) in [4.78, 5) is 0.0914. The minimum absolute atomic E-state index is 0.0914. The summed E-state index contributed by atoms with van der Waals surface area (Å²) in [6.07, 6.45) is 0. The van der Waals surface area contributed by atoms with E-state index in [0.717, 1.165) is 0 Å². The fourth-order valence-corrected chi connectivity index (χ4v) is 3.21. The largest absolute Gasteiger partial charge is 0.393 e. The van der Waals surface area contributed by atoms with Crippen LogP contribution in [0.3, 0.4) is 0 Å². The van der Waals surface area contributed by atoms with Gasteiger partial charge in [-0.25, -0.2) is 13.1 Å². The lowest BCUT2D eigenvalue weighted by molar-refractivity contribution is 0.00681. The highest BCUT2D eigenvalue weighted by Crippen LogP contribution is 2.20. The van der Waals surface area contributed by atoms with Gasteiger partial charge in [-0.1, -0.05) is 12.1 Å². The third-order valence-electron chi connectivity index (χ3n) is 2.11. The van der Waals surface area contributed by atoms with Crippen LogP contribution in [0.4, 0.5) is 0 Å². The molecule has 1 atom stereocenters. The van der Waals surface area contributed by atoms with Gasteiger partial charge < -0.3 is 10.2 Å². The molecule has 0 amide bonds. The van der Waals surface area contributed by atoms with E-state index in [1.807, 2.05) is 0 Å². The topological polar surface area (TPSA) is 86.6 Å². The summed E-state index contributed by atoms with van der Waals surface area (Å²) in [6, 6.07) is 6.36. The SMILES string of the molecule is CC(O)(CO)CNS(=O)(=O)c1ccccc1Br. The van der Waals surface area contributed by atoms with E-state index in [2.05, 4.69) is 20.7 Å². The number of sulfonamides is 1. The second kappa shape index (κ2) is 5.45. The third kappa shape index (κ3) is 4.04. The van der Waals surface area contributed by atoms with Crippen LogP contribution in [-0.2, 0) is 10.0 Å². The number of nitrogens with one attached hydrogen (secondary N) is 1. The van der Waals surface area contributed by atoms with Gasteiger partial charge in [-0.2, -0.15) is 0 Å². The first-order valence-corrected chi connectivity index (χ1v) is 7.13. The van der Waals surface area contributed by atoms with Gasteiger partial charge in [-0.15, -0.1) is 0 Å². The normalized spacial score (nSPS) is 15.5. The molecule has 3 N–H and O–H groups in total. The van der Waals surface area contributed by atoms with Crippen LogP contribution in [0, 0.1) is 0 Å². The molecule has 0 bridgehead atoms. The lowest BCUT2D eigenvalue weighted by Gasteiger charge is -2.20. The van der Waals surface area contributed by atoms with Crippen LogP contribution in [0.2, 0.25) is 0 Å². The van der Waals surface area contributed by atoms with E-state index in [9.17, 15) is 13.5 Å². The summed E-state index contributed by atoms with van der Waals surface area (Å²) < 4.78 is 26.4. The maximum absolute atomic E-state index is 11.9. The zero-order valence-corrected chi connectivity index (χ0v) is 11.6. The summed E-state index contributed by atoms with van der Waals surface area (Å²) in [5.41, 5.74) is -1.48. The molecule has 1 aromatic carbocycles. The maximum atomic E-state index is 11.9. The molecule has 17 heavy (non-hydrogen) atoms. The zero-order chi connectivity index (χ0) is 13.1. The zero-order valence-electron chi connectivity index (χ0n) is 9.22. The van der Waals surface area contributed by atoms with Crippen molar-refractivity contribution in [2.24, 2.45) is 0 Å². The van der Waals surface area contributed by atoms with Crippen LogP contribution in [-0.4, -0.2) is 37.4 Å². The lowest BCUT2D eigenvalue weighted by atomic mass is 10.1. The number of benzene rings is 1. The highest BCUT2D eigenvalue weighted by molar-refractivity contribution is 9.10. The quantitative estimate of drug-likeness (QED) is 0.735. The molecule has 1 unspecified atom stereocenters. The summed E-state index contributed by atoms with van der Waals surface area (Å²) >= 11 is 3.14. The molecule has 0 spiro atoms. The van der Waals surface area contributed by atoms with Gasteiger partial charge in [0.25, 0.3) is 0 Å². The minimum Gasteiger partial charge on any atom is -0.393 e. The number of halogens is 1. The molecule has 1 aromatic rings. The van der Waals surface area contributed by atoms with Crippen LogP contribution >= 0.6 is 15.9 Å². The second-order valence-corrected chi connectivity index (χ2v) is 6.50. The average molecular weight is 324 g/mol. The predicted octanol–water partition coefficient (Wildman–Crippen LogP) is 0.471. The van der Waals surface area contributed by atoms with Crippen LogP contribution < -0.4 is 4.72 Å². The van der Waals surface area contributed by atoms with Gasteiger partial charge in [0.1, 0.15) is 0 Å². The van der Waals surface area contributed by atoms with E-state index >= 15 is 0 Å². The van der Waals surface area contributed by atoms with E-state index in [0.29, 0.717) is 4.47 Å². The van der Waals surface area contributed by atoms with Crippen molar-refractivity contribution in [3.63, 3.8) is 0 Å². The number of aliphatic hydroxyl groups excluding tert-OH is 1. The van der Waals surface area contributed by atoms with Crippen molar-refractivity contribution < 1.29 is 18.6 Å². The number of hydrogen-bond donors (Lipinski definition) is 3. The van der Waals surface area contributed by atoms with Gasteiger partial charge in [0.2, 0.25) is 10.0 Å². The molecule has 5 nitrogen and oxygen atoms in total. The van der Waals surface area contributed by atoms with Crippen molar-refractivity contribution >= 4 is 26.0 Å². The van der Waals surface area contributed by atoms with E-state index in [1.54, 1.807) is 18.2 Å². The van der Waals surface area contributed by atoms with Crippen molar-refractivity contribution in [3.8, 4) is 0 Å². The molecule has 0 radical (unpaired) electrons. The van der Waals surface area contributed by atoms with Crippen LogP contribution in [0.15, 0.2) is 33.6 Å². The fourth-order valence-electron chi connectivity index (χ4n) is 1.05. The maximum Gasteiger partial charge on any atom is 0.241 e. The summed E-state index contributed by atoms with van der Waals surface area (Å²) in [5, 5.41) is 18.3. The molecule has 7 heteroatoms. The Hall–Kier alpha value is -0.470. The number of aliphatic hydroxyl groups is 2. The first-order valence-electron chi connectivity index (χ1n) is 4.86. The molecule has 0 saturated carbocycles. The molecule has 96 valence electrons. The van der Waals surface area contributed by atoms with Gasteiger partial charge in [0.05, 0.1) is 17.1 Å². The molecular weight excluding hydrogens is 310 g/mol. The molecule has 0 heterocycles. The Balaban J connectivity index is 2.88. The predicted molar refractivity (Wildman–Crippen MR) is 67.0 cm³/mol. The Kier molecular flexibility index (Phi) is 4.68. The summed E-state index contributed by atoms with van der Waals surface area (Å²) in [5.74, 6) is 0. The Bertz CT molecular complexity index is 487. The van der Waals surface area contributed by atoms with Crippen molar-refractivity contribution in [1.29, 1.82) is 0 Å². The van der Waals surface area contributed by atoms with Crippen LogP contribution in [0.25, 0.3) is 0 Å². The Morgan fingerprint density at radius 2 is 2.00 bits per heavy atom. The highest BCUT2D eigenvalue weighted by Gasteiger charge is 2.24. The van der Waals surface area contributed by atoms with E-state index in [1.165, 1.54) is 13.0 Å².